The normalized spacial score (nSPS) is 15.3. The average molecular weight is 264 g/mol. The molecule has 1 heterocycles. The number of nitrogens with zero attached hydrogens (tertiary/aromatic N) is 1. The van der Waals surface area contributed by atoms with Crippen LogP contribution in [0.3, 0.4) is 0 Å². The highest BCUT2D eigenvalue weighted by molar-refractivity contribution is 6.62. The topological polar surface area (TPSA) is 37.4 Å². The van der Waals surface area contributed by atoms with E-state index >= 15 is 0 Å². The molecule has 0 saturated carbocycles. The molecule has 1 aromatic carbocycles. The van der Waals surface area contributed by atoms with Crippen LogP contribution in [-0.2, 0) is 4.79 Å². The number of carbonyl (C=O) groups is 2. The van der Waals surface area contributed by atoms with Crippen molar-refractivity contribution in [2.75, 3.05) is 11.3 Å². The molecule has 1 aliphatic rings. The van der Waals surface area contributed by atoms with Gasteiger partial charge in [0.2, 0.25) is 0 Å². The van der Waals surface area contributed by atoms with Crippen molar-refractivity contribution in [2.45, 2.75) is 0 Å². The summed E-state index contributed by atoms with van der Waals surface area (Å²) in [6.07, 6.45) is -1.78. The van der Waals surface area contributed by atoms with Crippen LogP contribution in [-0.4, -0.2) is 25.1 Å². The van der Waals surface area contributed by atoms with Crippen molar-refractivity contribution >= 4 is 24.4 Å². The molecular weight excluding hydrogens is 260 g/mol. The largest absolute Gasteiger partial charge is 0.497 e. The predicted molar refractivity (Wildman–Crippen MR) is 52.1 cm³/mol. The van der Waals surface area contributed by atoms with E-state index in [0.717, 1.165) is 0 Å². The molecule has 18 heavy (non-hydrogen) atoms. The minimum absolute atomic E-state index is 0.0733. The summed E-state index contributed by atoms with van der Waals surface area (Å²) in [6.45, 7) is -5.46. The molecule has 9 heteroatoms. The van der Waals surface area contributed by atoms with Crippen molar-refractivity contribution in [1.29, 1.82) is 0 Å². The van der Waals surface area contributed by atoms with Gasteiger partial charge in [-0.15, -0.1) is 0 Å². The zero-order valence-electron chi connectivity index (χ0n) is 8.59. The summed E-state index contributed by atoms with van der Waals surface area (Å²) < 4.78 is 63.5. The maximum absolute atomic E-state index is 13.4. The second-order valence-corrected chi connectivity index (χ2v) is 3.71. The summed E-state index contributed by atoms with van der Waals surface area (Å²) in [4.78, 5) is 22.5. The van der Waals surface area contributed by atoms with Gasteiger partial charge in [-0.05, 0) is 18.6 Å². The molecule has 3 nitrogen and oxygen atoms in total. The Bertz CT molecular complexity index is 557. The first-order chi connectivity index (χ1) is 8.22. The lowest BCUT2D eigenvalue weighted by atomic mass is 9.91. The molecule has 1 amide bonds. The van der Waals surface area contributed by atoms with Gasteiger partial charge in [0, 0.05) is 0 Å². The van der Waals surface area contributed by atoms with Gasteiger partial charge in [-0.1, -0.05) is 0 Å². The van der Waals surface area contributed by atoms with E-state index in [0.29, 0.717) is 12.1 Å². The van der Waals surface area contributed by atoms with E-state index in [-0.39, 0.29) is 4.90 Å². The molecule has 0 unspecified atom stereocenters. The van der Waals surface area contributed by atoms with Gasteiger partial charge in [-0.2, -0.15) is 0 Å². The van der Waals surface area contributed by atoms with Crippen LogP contribution < -0.4 is 4.90 Å². The number of carbonyl (C=O) groups excluding carboxylic acids is 2. The van der Waals surface area contributed by atoms with Crippen LogP contribution in [0, 0.1) is 11.6 Å². The minimum atomic E-state index is -5.46. The predicted octanol–water partition coefficient (Wildman–Crippen LogP) is 1.88. The number of fused-ring (bicyclic) bond motifs is 1. The zero-order chi connectivity index (χ0) is 13.7. The first kappa shape index (κ1) is 12.5. The smallest absolute Gasteiger partial charge is 0.448 e. The summed E-state index contributed by atoms with van der Waals surface area (Å²) in [5.74, 6) is -5.51. The van der Waals surface area contributed by atoms with Crippen LogP contribution in [0.2, 0.25) is 0 Å². The lowest BCUT2D eigenvalue weighted by molar-refractivity contribution is -0.114. The molecule has 0 saturated heterocycles. The van der Waals surface area contributed by atoms with Gasteiger partial charge >= 0.3 is 6.98 Å². The van der Waals surface area contributed by atoms with Crippen LogP contribution in [0.15, 0.2) is 12.1 Å². The van der Waals surface area contributed by atoms with E-state index in [9.17, 15) is 31.3 Å². The van der Waals surface area contributed by atoms with E-state index < -0.39 is 48.0 Å². The summed E-state index contributed by atoms with van der Waals surface area (Å²) >= 11 is 0. The molecule has 2 rings (SSSR count). The van der Waals surface area contributed by atoms with Crippen molar-refractivity contribution in [1.82, 2.24) is 0 Å². The van der Waals surface area contributed by atoms with Gasteiger partial charge in [0.05, 0.1) is 11.3 Å². The Morgan fingerprint density at radius 1 is 1.06 bits per heavy atom. The monoisotopic (exact) mass is 264 g/mol. The van der Waals surface area contributed by atoms with Gasteiger partial charge in [0.15, 0.2) is 0 Å². The van der Waals surface area contributed by atoms with Gasteiger partial charge in [-0.25, -0.2) is 8.78 Å². The van der Waals surface area contributed by atoms with Crippen molar-refractivity contribution in [3.05, 3.63) is 29.3 Å². The van der Waals surface area contributed by atoms with E-state index in [2.05, 4.69) is 0 Å². The Morgan fingerprint density at radius 3 is 2.17 bits per heavy atom. The Balaban J connectivity index is 2.58. The first-order valence-corrected chi connectivity index (χ1v) is 4.77. The van der Waals surface area contributed by atoms with Gasteiger partial charge in [0.1, 0.15) is 11.6 Å². The van der Waals surface area contributed by atoms with E-state index in [1.807, 2.05) is 0 Å². The molecule has 0 atom stereocenters. The summed E-state index contributed by atoms with van der Waals surface area (Å²) in [5.41, 5.74) is -1.88. The zero-order valence-corrected chi connectivity index (χ0v) is 8.59. The number of amides is 1. The molecule has 0 aliphatic carbocycles. The molecular formula is C9H4BF5NO2-. The lowest BCUT2D eigenvalue weighted by Gasteiger charge is -2.23. The standard InChI is InChI=1S/C9H4BF5NO2/c11-4-1-2-5(12)7-6(4)8(17)9(18)16(7)3-10(13,14)15/h1-2H,3H2/q-1. The van der Waals surface area contributed by atoms with E-state index in [4.69, 9.17) is 0 Å². The molecule has 0 aromatic heterocycles. The molecule has 96 valence electrons. The summed E-state index contributed by atoms with van der Waals surface area (Å²) in [6, 6.07) is 1.15. The fourth-order valence-electron chi connectivity index (χ4n) is 1.73. The number of Topliss-reactive ketones (excluding diaryl/α,β-unsaturated/α-hetero) is 1. The van der Waals surface area contributed by atoms with Crippen molar-refractivity contribution in [3.8, 4) is 0 Å². The van der Waals surface area contributed by atoms with Crippen molar-refractivity contribution < 1.29 is 31.3 Å². The number of hydrogen-bond acceptors (Lipinski definition) is 2. The van der Waals surface area contributed by atoms with Crippen LogP contribution in [0.25, 0.3) is 0 Å². The summed E-state index contributed by atoms with van der Waals surface area (Å²) in [7, 11) is 0. The maximum atomic E-state index is 13.4. The van der Waals surface area contributed by atoms with Gasteiger partial charge in [0.25, 0.3) is 11.7 Å². The number of benzene rings is 1. The molecule has 0 fully saturated rings. The van der Waals surface area contributed by atoms with Crippen LogP contribution in [0.5, 0.6) is 0 Å². The van der Waals surface area contributed by atoms with Gasteiger partial charge < -0.3 is 17.8 Å². The Morgan fingerprint density at radius 2 is 1.61 bits per heavy atom. The third-order valence-corrected chi connectivity index (χ3v) is 2.40. The Labute approximate surface area is 97.2 Å². The second-order valence-electron chi connectivity index (χ2n) is 3.71. The maximum Gasteiger partial charge on any atom is 0.497 e. The molecule has 0 bridgehead atoms. The highest BCUT2D eigenvalue weighted by Crippen LogP contribution is 2.34. The van der Waals surface area contributed by atoms with Gasteiger partial charge in [-0.3, -0.25) is 9.59 Å². The number of hydrogen-bond donors (Lipinski definition) is 0. The third kappa shape index (κ3) is 1.85. The Kier molecular flexibility index (Phi) is 2.64. The highest BCUT2D eigenvalue weighted by atomic mass is 19.4. The van der Waals surface area contributed by atoms with Crippen LogP contribution >= 0.6 is 0 Å². The molecule has 0 spiro atoms. The molecule has 0 radical (unpaired) electrons. The quantitative estimate of drug-likeness (QED) is 0.464. The molecule has 1 aromatic rings. The average Bonchev–Trinajstić information content (AvgIpc) is 2.48. The third-order valence-electron chi connectivity index (χ3n) is 2.40. The molecule has 1 aliphatic heterocycles. The van der Waals surface area contributed by atoms with Crippen molar-refractivity contribution in [2.24, 2.45) is 0 Å². The SMILES string of the molecule is O=C1C(=O)N(C[B-](F)(F)F)c2c(F)ccc(F)c21. The number of rotatable bonds is 2. The molecule has 0 N–H and O–H groups in total. The van der Waals surface area contributed by atoms with Crippen LogP contribution in [0.1, 0.15) is 10.4 Å². The lowest BCUT2D eigenvalue weighted by Crippen LogP contribution is -2.41. The first-order valence-electron chi connectivity index (χ1n) is 4.77. The van der Waals surface area contributed by atoms with E-state index in [1.165, 1.54) is 0 Å². The van der Waals surface area contributed by atoms with E-state index in [1.54, 1.807) is 0 Å². The summed E-state index contributed by atoms with van der Waals surface area (Å²) in [5, 5.41) is 0. The number of ketones is 1. The minimum Gasteiger partial charge on any atom is -0.448 e. The van der Waals surface area contributed by atoms with Crippen LogP contribution in [0.4, 0.5) is 27.4 Å². The fourth-order valence-corrected chi connectivity index (χ4v) is 1.73. The highest BCUT2D eigenvalue weighted by Gasteiger charge is 2.43. The number of halogens is 5. The van der Waals surface area contributed by atoms with Crippen molar-refractivity contribution in [3.63, 3.8) is 0 Å². The Hall–Kier alpha value is -1.93. The fraction of sp³-hybridized carbons (Fsp3) is 0.111. The number of anilines is 1. The second kappa shape index (κ2) is 3.79.